The van der Waals surface area contributed by atoms with Gasteiger partial charge in [0.1, 0.15) is 0 Å². The maximum absolute atomic E-state index is 3.65. The molecule has 0 amide bonds. The summed E-state index contributed by atoms with van der Waals surface area (Å²) in [7, 11) is 0. The highest BCUT2D eigenvalue weighted by atomic mass is 79.9. The Kier molecular flexibility index (Phi) is 6.25. The Balaban J connectivity index is 1.17. The van der Waals surface area contributed by atoms with Crippen LogP contribution in [0.25, 0.3) is 55.6 Å². The molecular weight excluding hydrogens is 664 g/mol. The molecule has 0 atom stereocenters. The van der Waals surface area contributed by atoms with E-state index in [-0.39, 0.29) is 10.8 Å². The average Bonchev–Trinajstić information content (AvgIpc) is 3.39. The molecule has 0 N–H and O–H groups in total. The lowest BCUT2D eigenvalue weighted by Gasteiger charge is -2.24. The first-order valence-corrected chi connectivity index (χ1v) is 16.8. The van der Waals surface area contributed by atoms with Crippen molar-refractivity contribution in [3.63, 3.8) is 0 Å². The summed E-state index contributed by atoms with van der Waals surface area (Å²) in [5.41, 5.74) is 18.4. The molecule has 6 aromatic rings. The lowest BCUT2D eigenvalue weighted by Crippen LogP contribution is -2.15. The third-order valence-corrected chi connectivity index (χ3v) is 11.0. The van der Waals surface area contributed by atoms with Crippen molar-refractivity contribution >= 4 is 31.9 Å². The smallest absolute Gasteiger partial charge is 0.0181 e. The van der Waals surface area contributed by atoms with Crippen molar-refractivity contribution in [2.75, 3.05) is 0 Å². The Morgan fingerprint density at radius 2 is 0.614 bits per heavy atom. The molecule has 0 bridgehead atoms. The summed E-state index contributed by atoms with van der Waals surface area (Å²) < 4.78 is 2.21. The molecule has 0 radical (unpaired) electrons. The Bertz CT molecular complexity index is 1990. The number of rotatable bonds is 3. The van der Waals surface area contributed by atoms with Crippen LogP contribution in [0, 0.1) is 0 Å². The molecule has 0 spiro atoms. The van der Waals surface area contributed by atoms with Gasteiger partial charge in [0.2, 0.25) is 0 Å². The summed E-state index contributed by atoms with van der Waals surface area (Å²) in [5, 5.41) is 0. The summed E-state index contributed by atoms with van der Waals surface area (Å²) in [6, 6.07) is 45.3. The minimum absolute atomic E-state index is 0.0855. The fourth-order valence-corrected chi connectivity index (χ4v) is 8.33. The Morgan fingerprint density at radius 1 is 0.341 bits per heavy atom. The van der Waals surface area contributed by atoms with Crippen LogP contribution in [0.2, 0.25) is 0 Å². The molecule has 214 valence electrons. The molecule has 6 aromatic carbocycles. The topological polar surface area (TPSA) is 0 Å². The van der Waals surface area contributed by atoms with Gasteiger partial charge < -0.3 is 0 Å². The van der Waals surface area contributed by atoms with Crippen molar-refractivity contribution in [2.45, 2.75) is 38.5 Å². The van der Waals surface area contributed by atoms with Crippen LogP contribution >= 0.6 is 31.9 Å². The molecule has 44 heavy (non-hydrogen) atoms. The van der Waals surface area contributed by atoms with Gasteiger partial charge in [-0.1, -0.05) is 132 Å². The van der Waals surface area contributed by atoms with E-state index in [1.54, 1.807) is 0 Å². The van der Waals surface area contributed by atoms with Gasteiger partial charge in [0.05, 0.1) is 0 Å². The van der Waals surface area contributed by atoms with Crippen molar-refractivity contribution in [3.05, 3.63) is 153 Å². The van der Waals surface area contributed by atoms with E-state index in [0.29, 0.717) is 0 Å². The third kappa shape index (κ3) is 4.22. The van der Waals surface area contributed by atoms with Crippen molar-refractivity contribution in [2.24, 2.45) is 0 Å². The van der Waals surface area contributed by atoms with E-state index >= 15 is 0 Å². The molecule has 0 nitrogen and oxygen atoms in total. The Morgan fingerprint density at radius 3 is 0.886 bits per heavy atom. The first kappa shape index (κ1) is 27.8. The lowest BCUT2D eigenvalue weighted by atomic mass is 9.79. The van der Waals surface area contributed by atoms with Gasteiger partial charge in [-0.05, 0) is 126 Å². The van der Waals surface area contributed by atoms with Gasteiger partial charge in [0, 0.05) is 19.8 Å². The van der Waals surface area contributed by atoms with Gasteiger partial charge in [-0.2, -0.15) is 0 Å². The summed E-state index contributed by atoms with van der Waals surface area (Å²) >= 11 is 7.29. The highest BCUT2D eigenvalue weighted by Gasteiger charge is 2.37. The zero-order chi connectivity index (χ0) is 30.4. The zero-order valence-electron chi connectivity index (χ0n) is 25.3. The van der Waals surface area contributed by atoms with E-state index in [2.05, 4.69) is 181 Å². The zero-order valence-corrected chi connectivity index (χ0v) is 28.5. The summed E-state index contributed by atoms with van der Waals surface area (Å²) in [4.78, 5) is 0. The summed E-state index contributed by atoms with van der Waals surface area (Å²) in [6.45, 7) is 9.49. The predicted octanol–water partition coefficient (Wildman–Crippen LogP) is 12.8. The van der Waals surface area contributed by atoms with Gasteiger partial charge in [-0.3, -0.25) is 0 Å². The van der Waals surface area contributed by atoms with Crippen molar-refractivity contribution < 1.29 is 0 Å². The predicted molar refractivity (Wildman–Crippen MR) is 193 cm³/mol. The molecule has 2 aliphatic carbocycles. The van der Waals surface area contributed by atoms with Gasteiger partial charge >= 0.3 is 0 Å². The minimum Gasteiger partial charge on any atom is -0.0605 e. The second-order valence-electron chi connectivity index (χ2n) is 13.3. The van der Waals surface area contributed by atoms with Crippen molar-refractivity contribution in [3.8, 4) is 55.6 Å². The highest BCUT2D eigenvalue weighted by Crippen LogP contribution is 2.53. The van der Waals surface area contributed by atoms with Gasteiger partial charge in [0.25, 0.3) is 0 Å². The lowest BCUT2D eigenvalue weighted by molar-refractivity contribution is 0.660. The average molecular weight is 697 g/mol. The van der Waals surface area contributed by atoms with Crippen LogP contribution in [-0.2, 0) is 10.8 Å². The number of hydrogen-bond donors (Lipinski definition) is 0. The third-order valence-electron chi connectivity index (χ3n) is 10.0. The molecule has 2 heteroatoms. The normalized spacial score (nSPS) is 15.0. The molecular formula is C42H32Br2. The highest BCUT2D eigenvalue weighted by molar-refractivity contribution is 9.10. The van der Waals surface area contributed by atoms with Crippen molar-refractivity contribution in [1.82, 2.24) is 0 Å². The summed E-state index contributed by atoms with van der Waals surface area (Å²) in [6.07, 6.45) is 0. The van der Waals surface area contributed by atoms with E-state index in [4.69, 9.17) is 0 Å². The van der Waals surface area contributed by atoms with Crippen LogP contribution in [0.15, 0.2) is 130 Å². The van der Waals surface area contributed by atoms with Crippen LogP contribution in [0.4, 0.5) is 0 Å². The van der Waals surface area contributed by atoms with E-state index in [1.165, 1.54) is 77.9 Å². The van der Waals surface area contributed by atoms with Crippen LogP contribution in [0.5, 0.6) is 0 Å². The molecule has 0 heterocycles. The monoisotopic (exact) mass is 694 g/mol. The van der Waals surface area contributed by atoms with E-state index in [0.717, 1.165) is 8.95 Å². The molecule has 0 saturated carbocycles. The first-order valence-electron chi connectivity index (χ1n) is 15.2. The quantitative estimate of drug-likeness (QED) is 0.173. The standard InChI is InChI=1S/C42H32Br2/c1-41(2)37-21-27(25-7-5-9-31(43)19-25)11-15-33(37)35-17-13-29(23-39(35)41)30-14-18-36-34-16-12-28(26-8-6-10-32(44)20-26)22-38(34)42(3,4)40(36)24-30/h5-24H,1-4H3. The number of halogens is 2. The number of fused-ring (bicyclic) bond motifs is 6. The van der Waals surface area contributed by atoms with Crippen LogP contribution in [0.3, 0.4) is 0 Å². The van der Waals surface area contributed by atoms with Gasteiger partial charge in [-0.15, -0.1) is 0 Å². The molecule has 0 unspecified atom stereocenters. The molecule has 0 aliphatic heterocycles. The molecule has 2 aliphatic rings. The van der Waals surface area contributed by atoms with Gasteiger partial charge in [0.15, 0.2) is 0 Å². The minimum atomic E-state index is -0.0855. The number of benzene rings is 6. The summed E-state index contributed by atoms with van der Waals surface area (Å²) in [5.74, 6) is 0. The fraction of sp³-hybridized carbons (Fsp3) is 0.143. The first-order chi connectivity index (χ1) is 21.1. The second-order valence-corrected chi connectivity index (χ2v) is 15.1. The maximum atomic E-state index is 3.65. The SMILES string of the molecule is CC1(C)c2cc(-c3cccc(Br)c3)ccc2-c2ccc(-c3ccc4c(c3)C(C)(C)c3cc(-c5cccc(Br)c5)ccc3-4)cc21. The van der Waals surface area contributed by atoms with Gasteiger partial charge in [-0.25, -0.2) is 0 Å². The van der Waals surface area contributed by atoms with Crippen LogP contribution in [-0.4, -0.2) is 0 Å². The second kappa shape index (κ2) is 9.89. The maximum Gasteiger partial charge on any atom is 0.0181 e. The number of hydrogen-bond acceptors (Lipinski definition) is 0. The Hall–Kier alpha value is -3.72. The molecule has 8 rings (SSSR count). The van der Waals surface area contributed by atoms with E-state index in [9.17, 15) is 0 Å². The molecule has 0 saturated heterocycles. The largest absolute Gasteiger partial charge is 0.0605 e. The molecule has 0 aromatic heterocycles. The molecule has 0 fully saturated rings. The van der Waals surface area contributed by atoms with E-state index < -0.39 is 0 Å². The van der Waals surface area contributed by atoms with E-state index in [1.807, 2.05) is 0 Å². The van der Waals surface area contributed by atoms with Crippen LogP contribution in [0.1, 0.15) is 49.9 Å². The Labute approximate surface area is 277 Å². The fourth-order valence-electron chi connectivity index (χ4n) is 7.53. The van der Waals surface area contributed by atoms with Crippen molar-refractivity contribution in [1.29, 1.82) is 0 Å². The van der Waals surface area contributed by atoms with Crippen LogP contribution < -0.4 is 0 Å².